The molecule has 0 aromatic heterocycles. The van der Waals surface area contributed by atoms with Gasteiger partial charge in [-0.05, 0) is 25.0 Å². The van der Waals surface area contributed by atoms with Crippen LogP contribution in [0, 0.1) is 5.41 Å². The van der Waals surface area contributed by atoms with E-state index in [0.717, 1.165) is 4.90 Å². The summed E-state index contributed by atoms with van der Waals surface area (Å²) in [6.45, 7) is 0. The van der Waals surface area contributed by atoms with Gasteiger partial charge in [-0.1, -0.05) is 39.1 Å². The van der Waals surface area contributed by atoms with Crippen LogP contribution in [0.1, 0.15) is 12.8 Å². The molecule has 1 aromatic rings. The smallest absolute Gasteiger partial charge is 0.276 e. The number of amides is 4. The van der Waals surface area contributed by atoms with Gasteiger partial charge >= 0.3 is 6.03 Å². The maximum atomic E-state index is 12.4. The van der Waals surface area contributed by atoms with E-state index in [0.29, 0.717) is 17.3 Å². The third-order valence-electron chi connectivity index (χ3n) is 3.43. The summed E-state index contributed by atoms with van der Waals surface area (Å²) in [5.74, 6) is -1.12. The number of carbonyl (C=O) groups excluding carboxylic acids is 3. The lowest BCUT2D eigenvalue weighted by Gasteiger charge is -2.31. The Hall–Kier alpha value is -1.11. The Labute approximate surface area is 132 Å². The summed E-state index contributed by atoms with van der Waals surface area (Å²) in [7, 11) is 0. The molecule has 0 radical (unpaired) electrons. The lowest BCUT2D eigenvalue weighted by Crippen LogP contribution is -2.59. The normalized spacial score (nSPS) is 20.4. The molecule has 1 saturated heterocycles. The van der Waals surface area contributed by atoms with Crippen molar-refractivity contribution in [2.45, 2.75) is 12.8 Å². The molecular weight excluding hydrogens is 371 g/mol. The number of carbonyl (C=O) groups is 3. The van der Waals surface area contributed by atoms with Gasteiger partial charge in [-0.15, -0.1) is 0 Å². The average molecular weight is 378 g/mol. The molecule has 0 bridgehead atoms. The van der Waals surface area contributed by atoms with Gasteiger partial charge in [-0.3, -0.25) is 14.9 Å². The summed E-state index contributed by atoms with van der Waals surface area (Å²) in [6, 6.07) is 2.22. The van der Waals surface area contributed by atoms with E-state index in [1.807, 2.05) is 0 Å². The molecular formula is C12H7BrCl2N2O3. The second kappa shape index (κ2) is 4.44. The van der Waals surface area contributed by atoms with Crippen LogP contribution in [0.5, 0.6) is 0 Å². The first-order valence-corrected chi connectivity index (χ1v) is 7.26. The maximum absolute atomic E-state index is 12.4. The zero-order valence-corrected chi connectivity index (χ0v) is 13.0. The minimum absolute atomic E-state index is 0.0952. The molecule has 1 heterocycles. The van der Waals surface area contributed by atoms with E-state index in [2.05, 4.69) is 21.2 Å². The quantitative estimate of drug-likeness (QED) is 0.764. The Balaban J connectivity index is 2.12. The topological polar surface area (TPSA) is 66.5 Å². The van der Waals surface area contributed by atoms with Crippen molar-refractivity contribution in [2.75, 3.05) is 4.90 Å². The monoisotopic (exact) mass is 376 g/mol. The molecule has 104 valence electrons. The lowest BCUT2D eigenvalue weighted by molar-refractivity contribution is -0.136. The largest absolute Gasteiger partial charge is 0.335 e. The predicted molar refractivity (Wildman–Crippen MR) is 76.9 cm³/mol. The molecule has 0 atom stereocenters. The van der Waals surface area contributed by atoms with Gasteiger partial charge in [0.15, 0.2) is 0 Å². The number of nitrogens with one attached hydrogen (secondary N) is 1. The zero-order chi connectivity index (χ0) is 14.7. The van der Waals surface area contributed by atoms with Crippen LogP contribution in [0.3, 0.4) is 0 Å². The van der Waals surface area contributed by atoms with Gasteiger partial charge in [0.25, 0.3) is 5.91 Å². The van der Waals surface area contributed by atoms with Gasteiger partial charge in [0.1, 0.15) is 5.41 Å². The van der Waals surface area contributed by atoms with E-state index in [1.165, 1.54) is 12.1 Å². The Kier molecular flexibility index (Phi) is 3.08. The van der Waals surface area contributed by atoms with E-state index >= 15 is 0 Å². The molecule has 2 fully saturated rings. The number of halogens is 3. The number of anilines is 1. The van der Waals surface area contributed by atoms with Gasteiger partial charge in [0.2, 0.25) is 5.91 Å². The van der Waals surface area contributed by atoms with E-state index < -0.39 is 23.3 Å². The first kappa shape index (κ1) is 13.9. The highest BCUT2D eigenvalue weighted by molar-refractivity contribution is 9.10. The number of rotatable bonds is 1. The number of nitrogens with zero attached hydrogens (tertiary/aromatic N) is 1. The predicted octanol–water partition coefficient (Wildman–Crippen LogP) is 3.12. The fourth-order valence-electron chi connectivity index (χ4n) is 2.19. The van der Waals surface area contributed by atoms with Gasteiger partial charge in [-0.25, -0.2) is 9.69 Å². The Morgan fingerprint density at radius 3 is 2.20 bits per heavy atom. The second-order valence-electron chi connectivity index (χ2n) is 4.70. The number of hydrogen-bond acceptors (Lipinski definition) is 3. The van der Waals surface area contributed by atoms with Crippen LogP contribution < -0.4 is 10.2 Å². The van der Waals surface area contributed by atoms with E-state index in [9.17, 15) is 14.4 Å². The zero-order valence-electron chi connectivity index (χ0n) is 9.87. The fourth-order valence-corrected chi connectivity index (χ4v) is 3.57. The van der Waals surface area contributed by atoms with Crippen molar-refractivity contribution in [2.24, 2.45) is 5.41 Å². The van der Waals surface area contributed by atoms with E-state index in [1.54, 1.807) is 0 Å². The van der Waals surface area contributed by atoms with Crippen LogP contribution in [0.15, 0.2) is 16.6 Å². The highest BCUT2D eigenvalue weighted by atomic mass is 79.9. The van der Waals surface area contributed by atoms with Crippen molar-refractivity contribution in [3.63, 3.8) is 0 Å². The summed E-state index contributed by atoms with van der Waals surface area (Å²) < 4.78 is 0.623. The van der Waals surface area contributed by atoms with Crippen molar-refractivity contribution in [3.8, 4) is 0 Å². The van der Waals surface area contributed by atoms with Gasteiger partial charge in [0.05, 0.1) is 15.7 Å². The standard InChI is InChI=1S/C12H7BrCl2N2O3/c13-5-3-6(14)8(7(15)4-5)17-10(19)12(1-2-12)9(18)16-11(17)20/h3-4H,1-2H2,(H,16,18,20). The summed E-state index contributed by atoms with van der Waals surface area (Å²) in [4.78, 5) is 37.0. The van der Waals surface area contributed by atoms with Crippen LogP contribution in [0.25, 0.3) is 0 Å². The van der Waals surface area contributed by atoms with Gasteiger partial charge in [-0.2, -0.15) is 0 Å². The molecule has 2 aliphatic rings. The fraction of sp³-hybridized carbons (Fsp3) is 0.250. The van der Waals surface area contributed by atoms with Crippen LogP contribution in [0.4, 0.5) is 10.5 Å². The molecule has 20 heavy (non-hydrogen) atoms. The highest BCUT2D eigenvalue weighted by Crippen LogP contribution is 2.51. The number of hydrogen-bond donors (Lipinski definition) is 1. The van der Waals surface area contributed by atoms with Crippen molar-refractivity contribution >= 4 is 62.7 Å². The van der Waals surface area contributed by atoms with Gasteiger partial charge in [0, 0.05) is 4.47 Å². The molecule has 0 unspecified atom stereocenters. The molecule has 5 nitrogen and oxygen atoms in total. The Morgan fingerprint density at radius 2 is 1.70 bits per heavy atom. The highest BCUT2D eigenvalue weighted by Gasteiger charge is 2.62. The van der Waals surface area contributed by atoms with Crippen molar-refractivity contribution < 1.29 is 14.4 Å². The summed E-state index contributed by atoms with van der Waals surface area (Å²) in [5.41, 5.74) is -1.04. The molecule has 8 heteroatoms. The van der Waals surface area contributed by atoms with Crippen molar-refractivity contribution in [1.29, 1.82) is 0 Å². The molecule has 1 saturated carbocycles. The SMILES string of the molecule is O=C1NC(=O)C2(CC2)C(=O)N1c1c(Cl)cc(Br)cc1Cl. The number of urea groups is 1. The minimum atomic E-state index is -1.13. The molecule has 1 aliphatic carbocycles. The summed E-state index contributed by atoms with van der Waals surface area (Å²) >= 11 is 15.4. The summed E-state index contributed by atoms with van der Waals surface area (Å²) in [6.07, 6.45) is 0.848. The first-order valence-electron chi connectivity index (χ1n) is 5.71. The van der Waals surface area contributed by atoms with Gasteiger partial charge < -0.3 is 0 Å². The van der Waals surface area contributed by atoms with Crippen molar-refractivity contribution in [3.05, 3.63) is 26.7 Å². The average Bonchev–Trinajstić information content (AvgIpc) is 3.12. The number of benzene rings is 1. The molecule has 1 spiro atoms. The van der Waals surface area contributed by atoms with Crippen molar-refractivity contribution in [1.82, 2.24) is 5.32 Å². The van der Waals surface area contributed by atoms with Crippen LogP contribution >= 0.6 is 39.1 Å². The third-order valence-corrected chi connectivity index (χ3v) is 4.46. The van der Waals surface area contributed by atoms with Crippen LogP contribution in [0.2, 0.25) is 10.0 Å². The molecule has 1 N–H and O–H groups in total. The Bertz CT molecular complexity index is 650. The summed E-state index contributed by atoms with van der Waals surface area (Å²) in [5, 5.41) is 2.48. The van der Waals surface area contributed by atoms with E-state index in [4.69, 9.17) is 23.2 Å². The first-order chi connectivity index (χ1) is 9.36. The molecule has 3 rings (SSSR count). The maximum Gasteiger partial charge on any atom is 0.335 e. The number of imide groups is 2. The molecule has 1 aromatic carbocycles. The lowest BCUT2D eigenvalue weighted by atomic mass is 10.0. The molecule has 1 aliphatic heterocycles. The third kappa shape index (κ3) is 1.86. The van der Waals surface area contributed by atoms with Crippen LogP contribution in [-0.2, 0) is 9.59 Å². The molecule has 4 amide bonds. The van der Waals surface area contributed by atoms with Crippen LogP contribution in [-0.4, -0.2) is 17.8 Å². The Morgan fingerprint density at radius 1 is 1.15 bits per heavy atom. The second-order valence-corrected chi connectivity index (χ2v) is 6.43. The minimum Gasteiger partial charge on any atom is -0.276 e. The van der Waals surface area contributed by atoms with E-state index in [-0.39, 0.29) is 15.7 Å². The number of barbiturate groups is 1.